The smallest absolute Gasteiger partial charge is 0.275 e. The lowest BCUT2D eigenvalue weighted by Crippen LogP contribution is -2.50. The van der Waals surface area contributed by atoms with E-state index < -0.39 is 34.0 Å². The average molecular weight is 350 g/mol. The van der Waals surface area contributed by atoms with E-state index in [4.69, 9.17) is 9.85 Å². The molecule has 8 heteroatoms. The normalized spacial score (nSPS) is 12.5. The van der Waals surface area contributed by atoms with Crippen molar-refractivity contribution >= 4 is 34.0 Å². The second-order valence-electron chi connectivity index (χ2n) is 6.43. The van der Waals surface area contributed by atoms with Gasteiger partial charge in [0.05, 0.1) is 0 Å². The number of hydrogen-bond donors (Lipinski definition) is 1. The molecule has 0 saturated heterocycles. The van der Waals surface area contributed by atoms with E-state index in [1.165, 1.54) is 0 Å². The van der Waals surface area contributed by atoms with Crippen molar-refractivity contribution in [3.05, 3.63) is 0 Å². The molecule has 0 radical (unpaired) electrons. The van der Waals surface area contributed by atoms with Gasteiger partial charge in [0, 0.05) is 11.3 Å². The Morgan fingerprint density at radius 2 is 1.45 bits per heavy atom. The topological polar surface area (TPSA) is 69.4 Å². The van der Waals surface area contributed by atoms with Crippen LogP contribution in [0.4, 0.5) is 0 Å². The van der Waals surface area contributed by atoms with E-state index in [1.807, 2.05) is 13.8 Å². The highest BCUT2D eigenvalue weighted by Crippen LogP contribution is 2.29. The third-order valence-electron chi connectivity index (χ3n) is 3.19. The van der Waals surface area contributed by atoms with Crippen molar-refractivity contribution in [3.8, 4) is 0 Å². The maximum Gasteiger partial charge on any atom is 0.275 e. The van der Waals surface area contributed by atoms with Gasteiger partial charge in [-0.3, -0.25) is 0 Å². The molecule has 0 saturated carbocycles. The van der Waals surface area contributed by atoms with Crippen LogP contribution in [-0.4, -0.2) is 40.5 Å². The van der Waals surface area contributed by atoms with Crippen LogP contribution in [0.1, 0.15) is 20.3 Å². The third kappa shape index (κ3) is 8.62. The van der Waals surface area contributed by atoms with Crippen LogP contribution in [0.25, 0.3) is 0 Å². The van der Waals surface area contributed by atoms with Gasteiger partial charge in [-0.15, -0.1) is 0 Å². The van der Waals surface area contributed by atoms with Gasteiger partial charge in [-0.25, -0.2) is 0 Å². The van der Waals surface area contributed by atoms with Gasteiger partial charge in [-0.1, -0.05) is 13.8 Å². The van der Waals surface area contributed by atoms with Gasteiger partial charge in [0.1, 0.15) is 0 Å². The highest BCUT2D eigenvalue weighted by molar-refractivity contribution is 6.94. The van der Waals surface area contributed by atoms with E-state index in [9.17, 15) is 8.92 Å². The Labute approximate surface area is 129 Å². The van der Waals surface area contributed by atoms with E-state index >= 15 is 0 Å². The summed E-state index contributed by atoms with van der Waals surface area (Å²) in [5.74, 6) is 0. The fourth-order valence-corrected chi connectivity index (χ4v) is 21.5. The largest absolute Gasteiger partial charge is 0.455 e. The summed E-state index contributed by atoms with van der Waals surface area (Å²) in [6.07, 6.45) is 0.897. The predicted octanol–water partition coefficient (Wildman–Crippen LogP) is 3.09. The standard InChI is InChI=1S/C12H31NO3Si4/c1-6-17(14)11-20(10-8-9-13,12-18(15)7-2)16-19(3,4)5/h6-13H2,1-5H3. The minimum Gasteiger partial charge on any atom is -0.455 e. The Morgan fingerprint density at radius 3 is 1.75 bits per heavy atom. The summed E-state index contributed by atoms with van der Waals surface area (Å²) in [5, 5.41) is 0. The number of hydrogen-bond acceptors (Lipinski definition) is 4. The summed E-state index contributed by atoms with van der Waals surface area (Å²) in [6.45, 7) is 11.1. The van der Waals surface area contributed by atoms with Crippen LogP contribution < -0.4 is 5.73 Å². The molecule has 0 fully saturated rings. The fraction of sp³-hybridized carbons (Fsp3) is 1.00. The van der Waals surface area contributed by atoms with E-state index in [2.05, 4.69) is 19.6 Å². The van der Waals surface area contributed by atoms with Gasteiger partial charge in [0.25, 0.3) is 17.4 Å². The molecule has 20 heavy (non-hydrogen) atoms. The van der Waals surface area contributed by atoms with E-state index in [1.54, 1.807) is 0 Å². The summed E-state index contributed by atoms with van der Waals surface area (Å²) in [6, 6.07) is 2.37. The number of nitrogens with two attached hydrogens (primary N) is 1. The van der Waals surface area contributed by atoms with Crippen molar-refractivity contribution in [2.75, 3.05) is 6.54 Å². The summed E-state index contributed by atoms with van der Waals surface area (Å²) in [7, 11) is -7.09. The molecule has 0 atom stereocenters. The molecule has 0 spiro atoms. The quantitative estimate of drug-likeness (QED) is 0.582. The van der Waals surface area contributed by atoms with Gasteiger partial charge in [0.2, 0.25) is 0 Å². The van der Waals surface area contributed by atoms with Crippen LogP contribution in [0, 0.1) is 0 Å². The second kappa shape index (κ2) is 9.41. The van der Waals surface area contributed by atoms with Gasteiger partial charge in [0.15, 0.2) is 16.6 Å². The summed E-state index contributed by atoms with van der Waals surface area (Å²) >= 11 is 0. The van der Waals surface area contributed by atoms with Crippen LogP contribution >= 0.6 is 0 Å². The minimum atomic E-state index is -2.17. The molecule has 0 heterocycles. The van der Waals surface area contributed by atoms with E-state index in [0.717, 1.165) is 24.6 Å². The van der Waals surface area contributed by atoms with Crippen LogP contribution in [0.5, 0.6) is 0 Å². The van der Waals surface area contributed by atoms with Crippen molar-refractivity contribution in [2.45, 2.75) is 69.4 Å². The van der Waals surface area contributed by atoms with Crippen molar-refractivity contribution < 1.29 is 13.0 Å². The van der Waals surface area contributed by atoms with Crippen molar-refractivity contribution in [3.63, 3.8) is 0 Å². The molecule has 0 amide bonds. The highest BCUT2D eigenvalue weighted by atomic mass is 28.5. The van der Waals surface area contributed by atoms with Gasteiger partial charge in [-0.05, 0) is 50.7 Å². The first-order valence-corrected chi connectivity index (χ1v) is 17.2. The maximum atomic E-state index is 12.2. The SMILES string of the molecule is CC[Si](=O)C[Si](CCCN)(C[Si](=O)CC)O[Si](C)(C)C. The average Bonchev–Trinajstić information content (AvgIpc) is 2.33. The Bertz CT molecular complexity index is 313. The Hall–Kier alpha value is 0.388. The molecule has 0 aromatic heterocycles. The number of rotatable bonds is 11. The lowest BCUT2D eigenvalue weighted by Gasteiger charge is -2.36. The molecule has 0 unspecified atom stereocenters. The Morgan fingerprint density at radius 1 is 1.00 bits per heavy atom. The first kappa shape index (κ1) is 20.4. The molecule has 0 rings (SSSR count). The Balaban J connectivity index is 5.25. The van der Waals surface area contributed by atoms with Crippen molar-refractivity contribution in [1.29, 1.82) is 0 Å². The predicted molar refractivity (Wildman–Crippen MR) is 92.1 cm³/mol. The van der Waals surface area contributed by atoms with Crippen LogP contribution in [0.15, 0.2) is 0 Å². The first-order valence-electron chi connectivity index (χ1n) is 7.61. The van der Waals surface area contributed by atoms with Gasteiger partial charge in [-0.2, -0.15) is 0 Å². The first-order chi connectivity index (χ1) is 9.18. The molecular weight excluding hydrogens is 318 g/mol. The molecule has 0 bridgehead atoms. The fourth-order valence-electron chi connectivity index (χ4n) is 2.40. The molecule has 0 aromatic carbocycles. The third-order valence-corrected chi connectivity index (χ3v) is 18.5. The molecule has 0 aromatic rings. The highest BCUT2D eigenvalue weighted by Gasteiger charge is 2.42. The molecule has 0 aliphatic heterocycles. The molecule has 4 nitrogen and oxygen atoms in total. The molecule has 2 N–H and O–H groups in total. The molecule has 118 valence electrons. The monoisotopic (exact) mass is 349 g/mol. The van der Waals surface area contributed by atoms with Crippen LogP contribution in [0.3, 0.4) is 0 Å². The molecule has 0 aliphatic carbocycles. The van der Waals surface area contributed by atoms with E-state index in [0.29, 0.717) is 17.9 Å². The van der Waals surface area contributed by atoms with Crippen LogP contribution in [0.2, 0.25) is 49.1 Å². The molecular formula is C12H31NO3Si4. The van der Waals surface area contributed by atoms with Gasteiger partial charge >= 0.3 is 0 Å². The zero-order valence-corrected chi connectivity index (χ0v) is 17.8. The Kier molecular flexibility index (Phi) is 9.60. The summed E-state index contributed by atoms with van der Waals surface area (Å²) in [4.78, 5) is 0. The van der Waals surface area contributed by atoms with Crippen molar-refractivity contribution in [2.24, 2.45) is 5.73 Å². The minimum absolute atomic E-state index is 0.629. The summed E-state index contributed by atoms with van der Waals surface area (Å²) < 4.78 is 30.9. The van der Waals surface area contributed by atoms with Crippen LogP contribution in [-0.2, 0) is 13.0 Å². The lowest BCUT2D eigenvalue weighted by molar-refractivity contribution is 0.522. The van der Waals surface area contributed by atoms with Gasteiger partial charge < -0.3 is 18.8 Å². The maximum absolute atomic E-state index is 12.2. The van der Waals surface area contributed by atoms with E-state index in [-0.39, 0.29) is 0 Å². The zero-order valence-electron chi connectivity index (χ0n) is 13.8. The molecule has 0 aliphatic rings. The lowest BCUT2D eigenvalue weighted by atomic mass is 10.5. The zero-order chi connectivity index (χ0) is 15.8. The second-order valence-corrected chi connectivity index (χ2v) is 20.7. The van der Waals surface area contributed by atoms with Crippen molar-refractivity contribution in [1.82, 2.24) is 0 Å². The summed E-state index contributed by atoms with van der Waals surface area (Å²) in [5.41, 5.74) is 7.07.